The van der Waals surface area contributed by atoms with Crippen LogP contribution in [0, 0.1) is 0 Å². The fourth-order valence-electron chi connectivity index (χ4n) is 3.24. The van der Waals surface area contributed by atoms with Crippen LogP contribution >= 0.6 is 0 Å². The average molecular weight is 362 g/mol. The first-order valence-electron chi connectivity index (χ1n) is 8.66. The number of carbonyl (C=O) groups excluding carboxylic acids is 3. The minimum absolute atomic E-state index is 0.298. The van der Waals surface area contributed by atoms with Crippen molar-refractivity contribution in [3.05, 3.63) is 71.5 Å². The molecule has 0 saturated heterocycles. The molecule has 1 aliphatic heterocycles. The largest absolute Gasteiger partial charge is 0.459 e. The van der Waals surface area contributed by atoms with Crippen molar-refractivity contribution in [2.24, 2.45) is 0 Å². The van der Waals surface area contributed by atoms with Gasteiger partial charge in [0.2, 0.25) is 5.91 Å². The van der Waals surface area contributed by atoms with E-state index in [0.29, 0.717) is 16.9 Å². The molecule has 2 heterocycles. The minimum Gasteiger partial charge on any atom is -0.459 e. The van der Waals surface area contributed by atoms with E-state index in [2.05, 4.69) is 0 Å². The number of hydrogen-bond acceptors (Lipinski definition) is 4. The second-order valence-electron chi connectivity index (χ2n) is 6.61. The number of amides is 3. The summed E-state index contributed by atoms with van der Waals surface area (Å²) in [7, 11) is 1.64. The normalized spacial score (nSPS) is 14.5. The molecule has 0 bridgehead atoms. The number of imide groups is 1. The van der Waals surface area contributed by atoms with E-state index in [9.17, 15) is 14.4 Å². The van der Waals surface area contributed by atoms with Gasteiger partial charge >= 0.3 is 0 Å². The van der Waals surface area contributed by atoms with Crippen molar-refractivity contribution in [1.82, 2.24) is 9.80 Å². The Kier molecular flexibility index (Phi) is 4.03. The molecule has 0 fully saturated rings. The van der Waals surface area contributed by atoms with Crippen LogP contribution in [0.3, 0.4) is 0 Å². The van der Waals surface area contributed by atoms with E-state index in [1.165, 1.54) is 4.90 Å². The highest BCUT2D eigenvalue weighted by molar-refractivity contribution is 6.22. The summed E-state index contributed by atoms with van der Waals surface area (Å²) in [5.41, 5.74) is 1.42. The quantitative estimate of drug-likeness (QED) is 0.668. The van der Waals surface area contributed by atoms with E-state index >= 15 is 0 Å². The Labute approximate surface area is 156 Å². The molecule has 3 aromatic rings. The predicted molar refractivity (Wildman–Crippen MR) is 99.2 cm³/mol. The smallest absolute Gasteiger partial charge is 0.262 e. The molecule has 1 atom stereocenters. The molecule has 136 valence electrons. The molecule has 0 spiro atoms. The van der Waals surface area contributed by atoms with Gasteiger partial charge in [0.25, 0.3) is 11.8 Å². The van der Waals surface area contributed by atoms with Crippen LogP contribution < -0.4 is 0 Å². The fraction of sp³-hybridized carbons (Fsp3) is 0.190. The van der Waals surface area contributed by atoms with Crippen molar-refractivity contribution >= 4 is 28.7 Å². The van der Waals surface area contributed by atoms with Crippen molar-refractivity contribution in [3.8, 4) is 0 Å². The van der Waals surface area contributed by atoms with Gasteiger partial charge in [0, 0.05) is 12.4 Å². The highest BCUT2D eigenvalue weighted by Crippen LogP contribution is 2.27. The highest BCUT2D eigenvalue weighted by Gasteiger charge is 2.37. The summed E-state index contributed by atoms with van der Waals surface area (Å²) >= 11 is 0. The van der Waals surface area contributed by atoms with Crippen LogP contribution in [0.5, 0.6) is 0 Å². The van der Waals surface area contributed by atoms with Gasteiger partial charge in [0.1, 0.15) is 17.9 Å². The first-order valence-corrected chi connectivity index (χ1v) is 8.66. The number of fused-ring (bicyclic) bond motifs is 2. The molecule has 1 aliphatic rings. The van der Waals surface area contributed by atoms with Crippen molar-refractivity contribution in [2.45, 2.75) is 13.0 Å². The summed E-state index contributed by atoms with van der Waals surface area (Å²) < 4.78 is 5.82. The van der Waals surface area contributed by atoms with E-state index < -0.39 is 11.8 Å². The number of hydrogen-bond donors (Lipinski definition) is 0. The van der Waals surface area contributed by atoms with Crippen LogP contribution in [0.2, 0.25) is 0 Å². The van der Waals surface area contributed by atoms with Gasteiger partial charge in [-0.15, -0.1) is 0 Å². The Balaban J connectivity index is 1.51. The number of rotatable bonds is 4. The van der Waals surface area contributed by atoms with E-state index in [0.717, 1.165) is 15.9 Å². The van der Waals surface area contributed by atoms with Crippen LogP contribution in [0.1, 0.15) is 39.4 Å². The lowest BCUT2D eigenvalue weighted by atomic mass is 10.1. The van der Waals surface area contributed by atoms with Crippen LogP contribution in [0.25, 0.3) is 11.0 Å². The second-order valence-corrected chi connectivity index (χ2v) is 6.61. The van der Waals surface area contributed by atoms with Crippen LogP contribution in [0.15, 0.2) is 59.0 Å². The zero-order valence-electron chi connectivity index (χ0n) is 15.0. The number of likely N-dealkylation sites (N-methyl/N-ethyl adjacent to an activating group) is 1. The van der Waals surface area contributed by atoms with E-state index in [4.69, 9.17) is 4.42 Å². The van der Waals surface area contributed by atoms with Crippen molar-refractivity contribution in [2.75, 3.05) is 13.6 Å². The molecular weight excluding hydrogens is 344 g/mol. The van der Waals surface area contributed by atoms with E-state index in [1.54, 1.807) is 31.3 Å². The van der Waals surface area contributed by atoms with E-state index in [-0.39, 0.29) is 18.5 Å². The van der Waals surface area contributed by atoms with Gasteiger partial charge in [-0.05, 0) is 31.2 Å². The maximum absolute atomic E-state index is 12.7. The van der Waals surface area contributed by atoms with Crippen LogP contribution in [0.4, 0.5) is 0 Å². The summed E-state index contributed by atoms with van der Waals surface area (Å²) in [4.78, 5) is 40.1. The molecule has 6 heteroatoms. The fourth-order valence-corrected chi connectivity index (χ4v) is 3.24. The van der Waals surface area contributed by atoms with Crippen molar-refractivity contribution in [1.29, 1.82) is 0 Å². The van der Waals surface area contributed by atoms with Crippen molar-refractivity contribution < 1.29 is 18.8 Å². The zero-order valence-corrected chi connectivity index (χ0v) is 15.0. The van der Waals surface area contributed by atoms with Crippen molar-refractivity contribution in [3.63, 3.8) is 0 Å². The molecule has 6 nitrogen and oxygen atoms in total. The van der Waals surface area contributed by atoms with Gasteiger partial charge in [0.05, 0.1) is 17.2 Å². The molecule has 4 rings (SSSR count). The van der Waals surface area contributed by atoms with E-state index in [1.807, 2.05) is 37.3 Å². The lowest BCUT2D eigenvalue weighted by Crippen LogP contribution is -2.41. The minimum atomic E-state index is -0.436. The third kappa shape index (κ3) is 2.79. The molecule has 1 aromatic heterocycles. The molecule has 27 heavy (non-hydrogen) atoms. The number of para-hydroxylation sites is 1. The van der Waals surface area contributed by atoms with Crippen LogP contribution in [-0.2, 0) is 4.79 Å². The van der Waals surface area contributed by atoms with Gasteiger partial charge in [-0.1, -0.05) is 30.3 Å². The molecule has 3 amide bonds. The summed E-state index contributed by atoms with van der Waals surface area (Å²) in [5, 5.41) is 0.959. The lowest BCUT2D eigenvalue weighted by Gasteiger charge is -2.25. The molecule has 0 N–H and O–H groups in total. The maximum atomic E-state index is 12.7. The predicted octanol–water partition coefficient (Wildman–Crippen LogP) is 3.25. The molecule has 2 aromatic carbocycles. The van der Waals surface area contributed by atoms with Crippen LogP contribution in [-0.4, -0.2) is 41.1 Å². The molecule has 0 unspecified atom stereocenters. The summed E-state index contributed by atoms with van der Waals surface area (Å²) in [6.07, 6.45) is 0. The Bertz CT molecular complexity index is 1000. The summed E-state index contributed by atoms with van der Waals surface area (Å²) in [6.45, 7) is 1.55. The molecular formula is C21H18N2O4. The van der Waals surface area contributed by atoms with Gasteiger partial charge in [0.15, 0.2) is 0 Å². The lowest BCUT2D eigenvalue weighted by molar-refractivity contribution is -0.132. The average Bonchev–Trinajstić information content (AvgIpc) is 3.22. The SMILES string of the molecule is C[C@H](c1cc2ccccc2o1)N(C)C(=O)CN1C(=O)c2ccccc2C1=O. The standard InChI is InChI=1S/C21H18N2O4/c1-13(18-11-14-7-3-6-10-17(14)27-18)22(2)19(24)12-23-20(25)15-8-4-5-9-16(15)21(23)26/h3-11,13H,12H2,1-2H3/t13-/m1/s1. The highest BCUT2D eigenvalue weighted by atomic mass is 16.3. The third-order valence-corrected chi connectivity index (χ3v) is 5.00. The summed E-state index contributed by atoms with van der Waals surface area (Å²) in [5.74, 6) is -0.561. The zero-order chi connectivity index (χ0) is 19.1. The van der Waals surface area contributed by atoms with Gasteiger partial charge in [-0.2, -0.15) is 0 Å². The van der Waals surface area contributed by atoms with Gasteiger partial charge < -0.3 is 9.32 Å². The van der Waals surface area contributed by atoms with Gasteiger partial charge in [-0.3, -0.25) is 19.3 Å². The molecule has 0 aliphatic carbocycles. The number of carbonyl (C=O) groups is 3. The summed E-state index contributed by atoms with van der Waals surface area (Å²) in [6, 6.07) is 15.8. The molecule has 0 saturated carbocycles. The Morgan fingerprint density at radius 1 is 1.04 bits per heavy atom. The monoisotopic (exact) mass is 362 g/mol. The number of benzene rings is 2. The second kappa shape index (κ2) is 6.39. The Hall–Kier alpha value is -3.41. The first-order chi connectivity index (χ1) is 13.0. The molecule has 0 radical (unpaired) electrons. The maximum Gasteiger partial charge on any atom is 0.262 e. The van der Waals surface area contributed by atoms with Gasteiger partial charge in [-0.25, -0.2) is 0 Å². The Morgan fingerprint density at radius 2 is 1.63 bits per heavy atom. The third-order valence-electron chi connectivity index (χ3n) is 5.00. The first kappa shape index (κ1) is 17.0. The Morgan fingerprint density at radius 3 is 2.26 bits per heavy atom. The topological polar surface area (TPSA) is 70.8 Å². The number of furan rings is 1. The number of nitrogens with zero attached hydrogens (tertiary/aromatic N) is 2.